The van der Waals surface area contributed by atoms with E-state index < -0.39 is 17.7 Å². The minimum atomic E-state index is -0.991. The number of rotatable bonds is 4. The summed E-state index contributed by atoms with van der Waals surface area (Å²) < 4.78 is 32.2. The quantitative estimate of drug-likeness (QED) is 0.918. The molecule has 0 aliphatic carbocycles. The highest BCUT2D eigenvalue weighted by molar-refractivity contribution is 5.31. The smallest absolute Gasteiger partial charge is 0.200 e. The molecule has 0 saturated carbocycles. The molecule has 2 rings (SSSR count). The van der Waals surface area contributed by atoms with Crippen molar-refractivity contribution in [3.63, 3.8) is 0 Å². The molecule has 0 aromatic heterocycles. The Bertz CT molecular complexity index is 572. The fraction of sp³-hybridized carbons (Fsp3) is 0.200. The van der Waals surface area contributed by atoms with E-state index in [-0.39, 0.29) is 12.3 Å². The lowest BCUT2D eigenvalue weighted by atomic mass is 10.0. The summed E-state index contributed by atoms with van der Waals surface area (Å²) in [5.74, 6) is -2.05. The average molecular weight is 263 g/mol. The lowest BCUT2D eigenvalue weighted by Gasteiger charge is -2.20. The van der Waals surface area contributed by atoms with Crippen molar-refractivity contribution in [3.05, 3.63) is 65.2 Å². The summed E-state index contributed by atoms with van der Waals surface area (Å²) >= 11 is 0. The van der Waals surface area contributed by atoms with Gasteiger partial charge in [0.1, 0.15) is 6.10 Å². The molecule has 0 radical (unpaired) electrons. The van der Waals surface area contributed by atoms with Crippen LogP contribution < -0.4 is 10.5 Å². The van der Waals surface area contributed by atoms with Crippen LogP contribution in [0.25, 0.3) is 0 Å². The SMILES string of the molecule is Cc1ccccc1C(CN)Oc1cccc(F)c1F. The molecule has 1 unspecified atom stereocenters. The van der Waals surface area contributed by atoms with E-state index in [9.17, 15) is 8.78 Å². The molecule has 0 saturated heterocycles. The number of aryl methyl sites for hydroxylation is 1. The first-order valence-electron chi connectivity index (χ1n) is 5.99. The molecule has 100 valence electrons. The molecule has 2 nitrogen and oxygen atoms in total. The second-order valence-electron chi connectivity index (χ2n) is 4.25. The average Bonchev–Trinajstić information content (AvgIpc) is 2.41. The molecule has 0 aliphatic rings. The van der Waals surface area contributed by atoms with Gasteiger partial charge in [-0.3, -0.25) is 0 Å². The number of ether oxygens (including phenoxy) is 1. The second-order valence-corrected chi connectivity index (χ2v) is 4.25. The van der Waals surface area contributed by atoms with E-state index in [4.69, 9.17) is 10.5 Å². The van der Waals surface area contributed by atoms with Crippen LogP contribution in [-0.2, 0) is 0 Å². The minimum Gasteiger partial charge on any atom is -0.481 e. The highest BCUT2D eigenvalue weighted by Gasteiger charge is 2.17. The fourth-order valence-corrected chi connectivity index (χ4v) is 1.91. The molecular weight excluding hydrogens is 248 g/mol. The van der Waals surface area contributed by atoms with E-state index in [1.54, 1.807) is 0 Å². The Morgan fingerprint density at radius 1 is 1.11 bits per heavy atom. The lowest BCUT2D eigenvalue weighted by Crippen LogP contribution is -2.20. The second kappa shape index (κ2) is 5.80. The molecule has 2 aromatic carbocycles. The molecule has 2 aromatic rings. The van der Waals surface area contributed by atoms with E-state index >= 15 is 0 Å². The third-order valence-electron chi connectivity index (χ3n) is 2.93. The van der Waals surface area contributed by atoms with Gasteiger partial charge in [0.2, 0.25) is 5.82 Å². The van der Waals surface area contributed by atoms with Gasteiger partial charge in [-0.2, -0.15) is 4.39 Å². The van der Waals surface area contributed by atoms with E-state index in [1.165, 1.54) is 12.1 Å². The third kappa shape index (κ3) is 2.90. The van der Waals surface area contributed by atoms with Gasteiger partial charge in [-0.05, 0) is 30.2 Å². The van der Waals surface area contributed by atoms with Crippen LogP contribution in [0.5, 0.6) is 5.75 Å². The number of hydrogen-bond donors (Lipinski definition) is 1. The van der Waals surface area contributed by atoms with E-state index in [2.05, 4.69) is 0 Å². The normalized spacial score (nSPS) is 12.2. The molecule has 0 spiro atoms. The van der Waals surface area contributed by atoms with Crippen LogP contribution >= 0.6 is 0 Å². The summed E-state index contributed by atoms with van der Waals surface area (Å²) in [5, 5.41) is 0. The van der Waals surface area contributed by atoms with Gasteiger partial charge in [0, 0.05) is 6.54 Å². The maximum atomic E-state index is 13.6. The number of hydrogen-bond acceptors (Lipinski definition) is 2. The van der Waals surface area contributed by atoms with Gasteiger partial charge in [-0.1, -0.05) is 30.3 Å². The van der Waals surface area contributed by atoms with E-state index in [1.807, 2.05) is 31.2 Å². The standard InChI is InChI=1S/C15H15F2NO/c1-10-5-2-3-6-11(10)14(9-18)19-13-8-4-7-12(16)15(13)17/h2-8,14H,9,18H2,1H3. The van der Waals surface area contributed by atoms with Crippen LogP contribution in [0.4, 0.5) is 8.78 Å². The maximum Gasteiger partial charge on any atom is 0.200 e. The first-order valence-corrected chi connectivity index (χ1v) is 5.99. The predicted octanol–water partition coefficient (Wildman–Crippen LogP) is 3.35. The van der Waals surface area contributed by atoms with Crippen molar-refractivity contribution < 1.29 is 13.5 Å². The Morgan fingerprint density at radius 3 is 2.53 bits per heavy atom. The largest absolute Gasteiger partial charge is 0.481 e. The molecule has 2 N–H and O–H groups in total. The van der Waals surface area contributed by atoms with Crippen molar-refractivity contribution >= 4 is 0 Å². The van der Waals surface area contributed by atoms with Gasteiger partial charge >= 0.3 is 0 Å². The van der Waals surface area contributed by atoms with E-state index in [0.717, 1.165) is 17.2 Å². The van der Waals surface area contributed by atoms with Crippen LogP contribution in [0.15, 0.2) is 42.5 Å². The Morgan fingerprint density at radius 2 is 1.84 bits per heavy atom. The fourth-order valence-electron chi connectivity index (χ4n) is 1.91. The molecule has 0 fully saturated rings. The van der Waals surface area contributed by atoms with Crippen molar-refractivity contribution in [2.45, 2.75) is 13.0 Å². The minimum absolute atomic E-state index is 0.126. The van der Waals surface area contributed by atoms with E-state index in [0.29, 0.717) is 0 Å². The molecule has 0 aliphatic heterocycles. The Hall–Kier alpha value is -1.94. The zero-order chi connectivity index (χ0) is 13.8. The Kier molecular flexibility index (Phi) is 4.12. The Labute approximate surface area is 110 Å². The molecule has 19 heavy (non-hydrogen) atoms. The van der Waals surface area contributed by atoms with Gasteiger partial charge in [0.15, 0.2) is 11.6 Å². The predicted molar refractivity (Wildman–Crippen MR) is 70.0 cm³/mol. The maximum absolute atomic E-state index is 13.6. The highest BCUT2D eigenvalue weighted by atomic mass is 19.2. The number of benzene rings is 2. The van der Waals surface area contributed by atoms with Crippen molar-refractivity contribution in [3.8, 4) is 5.75 Å². The summed E-state index contributed by atoms with van der Waals surface area (Å²) in [7, 11) is 0. The van der Waals surface area contributed by atoms with Crippen LogP contribution in [0.3, 0.4) is 0 Å². The van der Waals surface area contributed by atoms with Gasteiger partial charge in [0.05, 0.1) is 0 Å². The molecule has 1 atom stereocenters. The van der Waals surface area contributed by atoms with Gasteiger partial charge in [-0.25, -0.2) is 4.39 Å². The number of nitrogens with two attached hydrogens (primary N) is 1. The first kappa shape index (κ1) is 13.5. The first-order chi connectivity index (χ1) is 9.13. The molecule has 0 heterocycles. The summed E-state index contributed by atoms with van der Waals surface area (Å²) in [6.45, 7) is 2.10. The molecule has 4 heteroatoms. The third-order valence-corrected chi connectivity index (χ3v) is 2.93. The molecular formula is C15H15F2NO. The van der Waals surface area contributed by atoms with Gasteiger partial charge in [-0.15, -0.1) is 0 Å². The number of halogens is 2. The molecule has 0 bridgehead atoms. The summed E-state index contributed by atoms with van der Waals surface area (Å²) in [5.41, 5.74) is 7.53. The van der Waals surface area contributed by atoms with Crippen LogP contribution in [-0.4, -0.2) is 6.54 Å². The van der Waals surface area contributed by atoms with Crippen LogP contribution in [0, 0.1) is 18.6 Å². The Balaban J connectivity index is 2.30. The van der Waals surface area contributed by atoms with Crippen molar-refractivity contribution in [1.82, 2.24) is 0 Å². The summed E-state index contributed by atoms with van der Waals surface area (Å²) in [6.07, 6.45) is -0.502. The summed E-state index contributed by atoms with van der Waals surface area (Å²) in [6, 6.07) is 11.4. The molecule has 0 amide bonds. The van der Waals surface area contributed by atoms with Crippen molar-refractivity contribution in [2.75, 3.05) is 6.54 Å². The highest BCUT2D eigenvalue weighted by Crippen LogP contribution is 2.26. The topological polar surface area (TPSA) is 35.2 Å². The zero-order valence-corrected chi connectivity index (χ0v) is 10.6. The van der Waals surface area contributed by atoms with Gasteiger partial charge in [0.25, 0.3) is 0 Å². The van der Waals surface area contributed by atoms with Crippen molar-refractivity contribution in [1.29, 1.82) is 0 Å². The monoisotopic (exact) mass is 263 g/mol. The van der Waals surface area contributed by atoms with Gasteiger partial charge < -0.3 is 10.5 Å². The summed E-state index contributed by atoms with van der Waals surface area (Å²) in [4.78, 5) is 0. The zero-order valence-electron chi connectivity index (χ0n) is 10.6. The van der Waals surface area contributed by atoms with Crippen LogP contribution in [0.1, 0.15) is 17.2 Å². The van der Waals surface area contributed by atoms with Crippen molar-refractivity contribution in [2.24, 2.45) is 5.73 Å². The van der Waals surface area contributed by atoms with Crippen LogP contribution in [0.2, 0.25) is 0 Å². The lowest BCUT2D eigenvalue weighted by molar-refractivity contribution is 0.201.